The summed E-state index contributed by atoms with van der Waals surface area (Å²) in [5.74, 6) is 0.801. The first-order valence-electron chi connectivity index (χ1n) is 6.79. The van der Waals surface area contributed by atoms with E-state index in [-0.39, 0.29) is 0 Å². The van der Waals surface area contributed by atoms with Crippen molar-refractivity contribution in [3.63, 3.8) is 0 Å². The Morgan fingerprint density at radius 1 is 1.29 bits per heavy atom. The Balaban J connectivity index is 2.65. The summed E-state index contributed by atoms with van der Waals surface area (Å²) >= 11 is 0. The Bertz CT molecular complexity index is 320. The van der Waals surface area contributed by atoms with E-state index in [0.717, 1.165) is 12.3 Å². The van der Waals surface area contributed by atoms with Gasteiger partial charge in [-0.2, -0.15) is 0 Å². The Morgan fingerprint density at radius 2 is 2.06 bits per heavy atom. The number of hydrogen-bond acceptors (Lipinski definition) is 2. The summed E-state index contributed by atoms with van der Waals surface area (Å²) in [7, 11) is 2.06. The van der Waals surface area contributed by atoms with E-state index in [0.29, 0.717) is 6.04 Å². The first-order chi connectivity index (χ1) is 8.19. The lowest BCUT2D eigenvalue weighted by Crippen LogP contribution is -2.18. The minimum absolute atomic E-state index is 0.478. The zero-order valence-corrected chi connectivity index (χ0v) is 11.7. The highest BCUT2D eigenvalue weighted by Crippen LogP contribution is 2.23. The van der Waals surface area contributed by atoms with Crippen molar-refractivity contribution in [2.24, 2.45) is 5.92 Å². The van der Waals surface area contributed by atoms with Gasteiger partial charge in [0.1, 0.15) is 0 Å². The Labute approximate surface area is 106 Å². The molecule has 0 saturated carbocycles. The number of aryl methyl sites for hydroxylation is 1. The monoisotopic (exact) mass is 234 g/mol. The maximum absolute atomic E-state index is 4.21. The molecular formula is C15H26N2. The molecule has 1 unspecified atom stereocenters. The largest absolute Gasteiger partial charge is 0.313 e. The van der Waals surface area contributed by atoms with Crippen LogP contribution in [0.2, 0.25) is 0 Å². The van der Waals surface area contributed by atoms with Gasteiger partial charge in [0.2, 0.25) is 0 Å². The van der Waals surface area contributed by atoms with E-state index in [1.165, 1.54) is 30.4 Å². The molecule has 0 aliphatic carbocycles. The fourth-order valence-corrected chi connectivity index (χ4v) is 2.26. The maximum Gasteiger partial charge on any atom is 0.0321 e. The molecule has 1 heterocycles. The minimum atomic E-state index is 0.478. The average molecular weight is 234 g/mol. The number of nitrogens with one attached hydrogen (secondary N) is 1. The molecule has 0 radical (unpaired) electrons. The van der Waals surface area contributed by atoms with Crippen molar-refractivity contribution >= 4 is 0 Å². The van der Waals surface area contributed by atoms with E-state index < -0.39 is 0 Å². The highest BCUT2D eigenvalue weighted by atomic mass is 14.9. The van der Waals surface area contributed by atoms with Gasteiger partial charge in [-0.15, -0.1) is 0 Å². The minimum Gasteiger partial charge on any atom is -0.313 e. The highest BCUT2D eigenvalue weighted by molar-refractivity contribution is 5.26. The fraction of sp³-hybridized carbons (Fsp3) is 0.667. The fourth-order valence-electron chi connectivity index (χ4n) is 2.26. The van der Waals surface area contributed by atoms with Gasteiger partial charge in [0.15, 0.2) is 0 Å². The quantitative estimate of drug-likeness (QED) is 0.777. The van der Waals surface area contributed by atoms with Gasteiger partial charge in [-0.25, -0.2) is 0 Å². The molecule has 0 aliphatic heterocycles. The van der Waals surface area contributed by atoms with Crippen molar-refractivity contribution in [1.29, 1.82) is 0 Å². The number of pyridine rings is 1. The zero-order valence-electron chi connectivity index (χ0n) is 11.7. The third kappa shape index (κ3) is 4.47. The van der Waals surface area contributed by atoms with Crippen molar-refractivity contribution < 1.29 is 0 Å². The second-order valence-corrected chi connectivity index (χ2v) is 5.09. The molecule has 2 nitrogen and oxygen atoms in total. The molecule has 2 heteroatoms. The van der Waals surface area contributed by atoms with Crippen molar-refractivity contribution in [2.75, 3.05) is 7.05 Å². The van der Waals surface area contributed by atoms with Gasteiger partial charge in [-0.3, -0.25) is 4.98 Å². The molecule has 0 amide bonds. The molecule has 1 N–H and O–H groups in total. The second kappa shape index (κ2) is 7.44. The number of hydrogen-bond donors (Lipinski definition) is 1. The lowest BCUT2D eigenvalue weighted by atomic mass is 9.95. The van der Waals surface area contributed by atoms with Crippen LogP contribution < -0.4 is 5.32 Å². The van der Waals surface area contributed by atoms with E-state index in [4.69, 9.17) is 0 Å². The molecule has 0 saturated heterocycles. The Kier molecular flexibility index (Phi) is 6.20. The van der Waals surface area contributed by atoms with Crippen LogP contribution >= 0.6 is 0 Å². The van der Waals surface area contributed by atoms with E-state index in [1.54, 1.807) is 0 Å². The molecule has 96 valence electrons. The van der Waals surface area contributed by atoms with Crippen LogP contribution in [0.3, 0.4) is 0 Å². The Hall–Kier alpha value is -0.890. The topological polar surface area (TPSA) is 24.9 Å². The first-order valence-corrected chi connectivity index (χ1v) is 6.79. The molecule has 1 rings (SSSR count). The SMILES string of the molecule is CCc1cnccc1C(CCCC(C)C)NC. The summed E-state index contributed by atoms with van der Waals surface area (Å²) in [4.78, 5) is 4.21. The highest BCUT2D eigenvalue weighted by Gasteiger charge is 2.12. The molecule has 0 bridgehead atoms. The molecule has 0 fully saturated rings. The maximum atomic E-state index is 4.21. The van der Waals surface area contributed by atoms with E-state index in [1.807, 2.05) is 12.4 Å². The lowest BCUT2D eigenvalue weighted by molar-refractivity contribution is 0.468. The van der Waals surface area contributed by atoms with Gasteiger partial charge in [-0.1, -0.05) is 33.6 Å². The van der Waals surface area contributed by atoms with Gasteiger partial charge in [0.05, 0.1) is 0 Å². The van der Waals surface area contributed by atoms with E-state index in [2.05, 4.69) is 44.2 Å². The third-order valence-corrected chi connectivity index (χ3v) is 3.32. The summed E-state index contributed by atoms with van der Waals surface area (Å²) in [6.07, 6.45) is 8.78. The molecule has 1 atom stereocenters. The standard InChI is InChI=1S/C15H26N2/c1-5-13-11-17-10-9-14(13)15(16-4)8-6-7-12(2)3/h9-12,15-16H,5-8H2,1-4H3. The molecule has 0 aromatic carbocycles. The first kappa shape index (κ1) is 14.2. The third-order valence-electron chi connectivity index (χ3n) is 3.32. The summed E-state index contributed by atoms with van der Waals surface area (Å²) in [5.41, 5.74) is 2.80. The average Bonchev–Trinajstić information content (AvgIpc) is 2.34. The van der Waals surface area contributed by atoms with Gasteiger partial charge in [0, 0.05) is 18.4 Å². The summed E-state index contributed by atoms with van der Waals surface area (Å²) < 4.78 is 0. The zero-order chi connectivity index (χ0) is 12.7. The molecular weight excluding hydrogens is 208 g/mol. The molecule has 0 spiro atoms. The van der Waals surface area contributed by atoms with Crippen molar-refractivity contribution in [3.8, 4) is 0 Å². The van der Waals surface area contributed by atoms with Crippen molar-refractivity contribution in [2.45, 2.75) is 52.5 Å². The molecule has 1 aromatic rings. The van der Waals surface area contributed by atoms with Crippen LogP contribution in [0.4, 0.5) is 0 Å². The molecule has 1 aromatic heterocycles. The van der Waals surface area contributed by atoms with Crippen LogP contribution in [0.25, 0.3) is 0 Å². The molecule has 17 heavy (non-hydrogen) atoms. The smallest absolute Gasteiger partial charge is 0.0321 e. The van der Waals surface area contributed by atoms with Gasteiger partial charge < -0.3 is 5.32 Å². The summed E-state index contributed by atoms with van der Waals surface area (Å²) in [6.45, 7) is 6.78. The van der Waals surface area contributed by atoms with Gasteiger partial charge in [-0.05, 0) is 43.0 Å². The summed E-state index contributed by atoms with van der Waals surface area (Å²) in [5, 5.41) is 3.44. The van der Waals surface area contributed by atoms with Crippen LogP contribution in [-0.4, -0.2) is 12.0 Å². The van der Waals surface area contributed by atoms with Crippen molar-refractivity contribution in [1.82, 2.24) is 10.3 Å². The number of rotatable bonds is 7. The van der Waals surface area contributed by atoms with Crippen LogP contribution in [0.1, 0.15) is 57.2 Å². The van der Waals surface area contributed by atoms with Crippen LogP contribution in [0, 0.1) is 5.92 Å². The summed E-state index contributed by atoms with van der Waals surface area (Å²) in [6, 6.07) is 2.64. The van der Waals surface area contributed by atoms with Gasteiger partial charge >= 0.3 is 0 Å². The van der Waals surface area contributed by atoms with E-state index in [9.17, 15) is 0 Å². The Morgan fingerprint density at radius 3 is 2.65 bits per heavy atom. The number of nitrogens with zero attached hydrogens (tertiary/aromatic N) is 1. The van der Waals surface area contributed by atoms with Crippen molar-refractivity contribution in [3.05, 3.63) is 29.6 Å². The second-order valence-electron chi connectivity index (χ2n) is 5.09. The normalized spacial score (nSPS) is 13.0. The predicted molar refractivity (Wildman–Crippen MR) is 74.1 cm³/mol. The van der Waals surface area contributed by atoms with E-state index >= 15 is 0 Å². The van der Waals surface area contributed by atoms with Crippen LogP contribution in [-0.2, 0) is 6.42 Å². The van der Waals surface area contributed by atoms with Crippen LogP contribution in [0.5, 0.6) is 0 Å². The van der Waals surface area contributed by atoms with Crippen LogP contribution in [0.15, 0.2) is 18.5 Å². The lowest BCUT2D eigenvalue weighted by Gasteiger charge is -2.19. The van der Waals surface area contributed by atoms with Gasteiger partial charge in [0.25, 0.3) is 0 Å². The predicted octanol–water partition coefficient (Wildman–Crippen LogP) is 3.73. The number of aromatic nitrogens is 1. The molecule has 0 aliphatic rings.